The Morgan fingerprint density at radius 1 is 1.45 bits per heavy atom. The number of ether oxygens (including phenoxy) is 1. The van der Waals surface area contributed by atoms with E-state index in [0.29, 0.717) is 29.3 Å². The van der Waals surface area contributed by atoms with Crippen molar-refractivity contribution in [3.8, 4) is 0 Å². The number of rotatable bonds is 6. The summed E-state index contributed by atoms with van der Waals surface area (Å²) in [5.74, 6) is 0.779. The van der Waals surface area contributed by atoms with Gasteiger partial charge >= 0.3 is 5.97 Å². The molecule has 2 N–H and O–H groups in total. The Morgan fingerprint density at radius 3 is 2.82 bits per heavy atom. The molecule has 118 valence electrons. The summed E-state index contributed by atoms with van der Waals surface area (Å²) in [6.07, 6.45) is 1.34. The van der Waals surface area contributed by atoms with Crippen LogP contribution in [0.4, 0.5) is 5.82 Å². The van der Waals surface area contributed by atoms with Gasteiger partial charge in [0.05, 0.1) is 24.6 Å². The van der Waals surface area contributed by atoms with Crippen LogP contribution in [-0.4, -0.2) is 29.2 Å². The molecule has 6 heteroatoms. The number of hydrogen-bond donors (Lipinski definition) is 2. The van der Waals surface area contributed by atoms with Crippen LogP contribution in [-0.2, 0) is 4.74 Å². The van der Waals surface area contributed by atoms with Crippen molar-refractivity contribution in [3.05, 3.63) is 47.5 Å². The Morgan fingerprint density at radius 2 is 2.23 bits per heavy atom. The van der Waals surface area contributed by atoms with Crippen molar-refractivity contribution in [2.75, 3.05) is 12.4 Å². The lowest BCUT2D eigenvalue weighted by Gasteiger charge is -2.17. The van der Waals surface area contributed by atoms with Gasteiger partial charge in [0.1, 0.15) is 17.7 Å². The quantitative estimate of drug-likeness (QED) is 0.798. The maximum Gasteiger partial charge on any atom is 0.339 e. The highest BCUT2D eigenvalue weighted by atomic mass is 16.5. The zero-order valence-corrected chi connectivity index (χ0v) is 12.9. The molecule has 2 aromatic heterocycles. The van der Waals surface area contributed by atoms with E-state index < -0.39 is 12.1 Å². The molecule has 0 amide bonds. The second-order valence-corrected chi connectivity index (χ2v) is 5.13. The predicted molar refractivity (Wildman–Crippen MR) is 81.7 cm³/mol. The van der Waals surface area contributed by atoms with Crippen molar-refractivity contribution >= 4 is 11.8 Å². The van der Waals surface area contributed by atoms with Gasteiger partial charge in [-0.1, -0.05) is 0 Å². The molecule has 0 aliphatic rings. The predicted octanol–water partition coefficient (Wildman–Crippen LogP) is 2.69. The van der Waals surface area contributed by atoms with Gasteiger partial charge in [0.2, 0.25) is 0 Å². The fourth-order valence-electron chi connectivity index (χ4n) is 2.21. The maximum atomic E-state index is 11.5. The molecule has 2 atom stereocenters. The summed E-state index contributed by atoms with van der Waals surface area (Å²) < 4.78 is 9.86. The van der Waals surface area contributed by atoms with Crippen molar-refractivity contribution in [3.63, 3.8) is 0 Å². The zero-order chi connectivity index (χ0) is 16.1. The lowest BCUT2D eigenvalue weighted by molar-refractivity contribution is 0.0599. The summed E-state index contributed by atoms with van der Waals surface area (Å²) in [6.45, 7) is 3.69. The third kappa shape index (κ3) is 3.85. The van der Waals surface area contributed by atoms with Gasteiger partial charge in [0.15, 0.2) is 0 Å². The van der Waals surface area contributed by atoms with Crippen molar-refractivity contribution in [2.45, 2.75) is 32.4 Å². The van der Waals surface area contributed by atoms with Gasteiger partial charge in [-0.3, -0.25) is 0 Å². The van der Waals surface area contributed by atoms with Crippen LogP contribution in [0.25, 0.3) is 0 Å². The molecule has 22 heavy (non-hydrogen) atoms. The van der Waals surface area contributed by atoms with E-state index in [1.807, 2.05) is 6.92 Å². The number of hydrogen-bond acceptors (Lipinski definition) is 6. The molecule has 2 rings (SSSR count). The molecule has 0 aliphatic heterocycles. The highest BCUT2D eigenvalue weighted by Crippen LogP contribution is 2.20. The average Bonchev–Trinajstić information content (AvgIpc) is 3.00. The third-order valence-corrected chi connectivity index (χ3v) is 3.33. The SMILES string of the molecule is COC(=O)c1ccc(NC(C)CC(O)c2ccco2)nc1C. The number of esters is 1. The Balaban J connectivity index is 1.98. The Kier molecular flexibility index (Phi) is 5.16. The number of nitrogens with one attached hydrogen (secondary N) is 1. The number of carbonyl (C=O) groups is 1. The van der Waals surface area contributed by atoms with Crippen molar-refractivity contribution in [2.24, 2.45) is 0 Å². The van der Waals surface area contributed by atoms with Gasteiger partial charge in [-0.05, 0) is 38.1 Å². The van der Waals surface area contributed by atoms with E-state index in [1.165, 1.54) is 13.4 Å². The Bertz CT molecular complexity index is 625. The fourth-order valence-corrected chi connectivity index (χ4v) is 2.21. The topological polar surface area (TPSA) is 84.6 Å². The molecule has 0 saturated heterocycles. The van der Waals surface area contributed by atoms with Crippen molar-refractivity contribution < 1.29 is 19.1 Å². The first-order valence-electron chi connectivity index (χ1n) is 7.05. The maximum absolute atomic E-state index is 11.5. The van der Waals surface area contributed by atoms with Crippen molar-refractivity contribution in [1.29, 1.82) is 0 Å². The zero-order valence-electron chi connectivity index (χ0n) is 12.9. The van der Waals surface area contributed by atoms with E-state index in [-0.39, 0.29) is 6.04 Å². The number of furan rings is 1. The van der Waals surface area contributed by atoms with E-state index in [2.05, 4.69) is 15.0 Å². The molecule has 0 fully saturated rings. The molecule has 0 saturated carbocycles. The number of aliphatic hydroxyl groups is 1. The number of aromatic nitrogens is 1. The molecule has 6 nitrogen and oxygen atoms in total. The van der Waals surface area contributed by atoms with Crippen LogP contribution in [0.15, 0.2) is 34.9 Å². The van der Waals surface area contributed by atoms with Gasteiger partial charge < -0.3 is 19.6 Å². The number of nitrogens with zero attached hydrogens (tertiary/aromatic N) is 1. The smallest absolute Gasteiger partial charge is 0.339 e. The van der Waals surface area contributed by atoms with Gasteiger partial charge in [0, 0.05) is 12.5 Å². The summed E-state index contributed by atoms with van der Waals surface area (Å²) in [4.78, 5) is 15.9. The molecular formula is C16H20N2O4. The normalized spacial score (nSPS) is 13.5. The summed E-state index contributed by atoms with van der Waals surface area (Å²) in [7, 11) is 1.34. The molecule has 0 radical (unpaired) electrons. The largest absolute Gasteiger partial charge is 0.467 e. The van der Waals surface area contributed by atoms with Crippen molar-refractivity contribution in [1.82, 2.24) is 4.98 Å². The first-order chi connectivity index (χ1) is 10.5. The minimum absolute atomic E-state index is 0.0176. The van der Waals surface area contributed by atoms with E-state index in [1.54, 1.807) is 31.2 Å². The van der Waals surface area contributed by atoms with E-state index in [4.69, 9.17) is 4.42 Å². The van der Waals surface area contributed by atoms with Crippen LogP contribution in [0.5, 0.6) is 0 Å². The van der Waals surface area contributed by atoms with Crippen LogP contribution in [0.1, 0.15) is 41.3 Å². The molecule has 2 unspecified atom stereocenters. The molecule has 0 aromatic carbocycles. The van der Waals surface area contributed by atoms with Crippen LogP contribution in [0.3, 0.4) is 0 Å². The van der Waals surface area contributed by atoms with Crippen LogP contribution in [0.2, 0.25) is 0 Å². The number of aryl methyl sites for hydroxylation is 1. The lowest BCUT2D eigenvalue weighted by atomic mass is 10.1. The minimum Gasteiger partial charge on any atom is -0.467 e. The van der Waals surface area contributed by atoms with Crippen LogP contribution >= 0.6 is 0 Å². The van der Waals surface area contributed by atoms with Gasteiger partial charge in [0.25, 0.3) is 0 Å². The molecular weight excluding hydrogens is 284 g/mol. The first-order valence-corrected chi connectivity index (χ1v) is 7.05. The summed E-state index contributed by atoms with van der Waals surface area (Å²) in [6, 6.07) is 6.86. The lowest BCUT2D eigenvalue weighted by Crippen LogP contribution is -2.19. The van der Waals surface area contributed by atoms with Crippen LogP contribution in [0, 0.1) is 6.92 Å². The second-order valence-electron chi connectivity index (χ2n) is 5.13. The number of carbonyl (C=O) groups excluding carboxylic acids is 1. The standard InChI is InChI=1S/C16H20N2O4/c1-10(9-13(19)14-5-4-8-22-14)17-15-7-6-12(11(2)18-15)16(20)21-3/h4-8,10,13,19H,9H2,1-3H3,(H,17,18). The molecule has 2 aromatic rings. The Labute approximate surface area is 129 Å². The number of aliphatic hydroxyl groups excluding tert-OH is 1. The van der Waals surface area contributed by atoms with Crippen LogP contribution < -0.4 is 5.32 Å². The van der Waals surface area contributed by atoms with E-state index in [9.17, 15) is 9.90 Å². The van der Waals surface area contributed by atoms with Gasteiger partial charge in [-0.25, -0.2) is 9.78 Å². The number of pyridine rings is 1. The number of anilines is 1. The molecule has 2 heterocycles. The highest BCUT2D eigenvalue weighted by Gasteiger charge is 2.16. The number of methoxy groups -OCH3 is 1. The highest BCUT2D eigenvalue weighted by molar-refractivity contribution is 5.90. The third-order valence-electron chi connectivity index (χ3n) is 3.33. The summed E-state index contributed by atoms with van der Waals surface area (Å²) in [5, 5.41) is 13.2. The average molecular weight is 304 g/mol. The summed E-state index contributed by atoms with van der Waals surface area (Å²) >= 11 is 0. The van der Waals surface area contributed by atoms with E-state index in [0.717, 1.165) is 0 Å². The minimum atomic E-state index is -0.673. The molecule has 0 spiro atoms. The Hall–Kier alpha value is -2.34. The van der Waals surface area contributed by atoms with Gasteiger partial charge in [-0.2, -0.15) is 0 Å². The van der Waals surface area contributed by atoms with E-state index >= 15 is 0 Å². The molecule has 0 bridgehead atoms. The monoisotopic (exact) mass is 304 g/mol. The fraction of sp³-hybridized carbons (Fsp3) is 0.375. The first kappa shape index (κ1) is 16.0. The molecule has 0 aliphatic carbocycles. The van der Waals surface area contributed by atoms with Gasteiger partial charge in [-0.15, -0.1) is 0 Å². The second kappa shape index (κ2) is 7.09. The summed E-state index contributed by atoms with van der Waals surface area (Å²) in [5.41, 5.74) is 1.03.